The van der Waals surface area contributed by atoms with Crippen LogP contribution in [-0.4, -0.2) is 54.1 Å². The number of fused-ring (bicyclic) bond motifs is 2. The second kappa shape index (κ2) is 8.17. The van der Waals surface area contributed by atoms with Crippen LogP contribution < -0.4 is 0 Å². The number of nitrogens with one attached hydrogen (secondary N) is 2. The normalized spacial score (nSPS) is 11.6. The Morgan fingerprint density at radius 3 is 2.59 bits per heavy atom. The summed E-state index contributed by atoms with van der Waals surface area (Å²) in [5, 5.41) is 8.69. The number of hydrogen-bond acceptors (Lipinski definition) is 6. The van der Waals surface area contributed by atoms with Gasteiger partial charge in [-0.2, -0.15) is 5.10 Å². The Bertz CT molecular complexity index is 1610. The van der Waals surface area contributed by atoms with Crippen molar-refractivity contribution in [3.05, 3.63) is 79.0 Å². The first-order valence-corrected chi connectivity index (χ1v) is 11.0. The SMILES string of the molecule is CN(C)Cc1cncc(-c2ccc3[nH]nc(-c4nc5nccc(-c6ccncc6)c5[nH]4)c3c2)c1. The van der Waals surface area contributed by atoms with Crippen LogP contribution in [-0.2, 0) is 6.54 Å². The van der Waals surface area contributed by atoms with Crippen molar-refractivity contribution in [1.82, 2.24) is 40.0 Å². The molecule has 6 rings (SSSR count). The van der Waals surface area contributed by atoms with Crippen molar-refractivity contribution in [3.63, 3.8) is 0 Å². The van der Waals surface area contributed by atoms with Gasteiger partial charge in [0.25, 0.3) is 0 Å². The van der Waals surface area contributed by atoms with Crippen LogP contribution in [0.25, 0.3) is 55.8 Å². The van der Waals surface area contributed by atoms with E-state index in [4.69, 9.17) is 4.98 Å². The fourth-order valence-electron chi connectivity index (χ4n) is 4.27. The van der Waals surface area contributed by atoms with Gasteiger partial charge in [-0.1, -0.05) is 6.07 Å². The molecule has 0 fully saturated rings. The number of rotatable bonds is 5. The molecule has 0 aliphatic carbocycles. The van der Waals surface area contributed by atoms with Crippen LogP contribution in [0.15, 0.2) is 73.4 Å². The molecule has 0 spiro atoms. The van der Waals surface area contributed by atoms with Gasteiger partial charge in [-0.3, -0.25) is 15.1 Å². The number of aromatic nitrogens is 7. The van der Waals surface area contributed by atoms with Crippen LogP contribution in [0, 0.1) is 0 Å². The van der Waals surface area contributed by atoms with E-state index in [1.54, 1.807) is 18.6 Å². The Morgan fingerprint density at radius 2 is 1.74 bits per heavy atom. The summed E-state index contributed by atoms with van der Waals surface area (Å²) in [4.78, 5) is 23.4. The highest BCUT2D eigenvalue weighted by Crippen LogP contribution is 2.32. The van der Waals surface area contributed by atoms with Crippen LogP contribution in [0.5, 0.6) is 0 Å². The minimum Gasteiger partial charge on any atom is -0.335 e. The lowest BCUT2D eigenvalue weighted by Crippen LogP contribution is -2.10. The Morgan fingerprint density at radius 1 is 0.853 bits per heavy atom. The molecule has 0 aliphatic heterocycles. The molecule has 2 N–H and O–H groups in total. The van der Waals surface area contributed by atoms with Gasteiger partial charge in [-0.15, -0.1) is 0 Å². The summed E-state index contributed by atoms with van der Waals surface area (Å²) in [7, 11) is 4.11. The van der Waals surface area contributed by atoms with Gasteiger partial charge in [0.1, 0.15) is 5.69 Å². The van der Waals surface area contributed by atoms with Crippen molar-refractivity contribution in [3.8, 4) is 33.8 Å². The molecule has 0 aliphatic rings. The minimum atomic E-state index is 0.650. The molecule has 5 heterocycles. The van der Waals surface area contributed by atoms with Gasteiger partial charge >= 0.3 is 0 Å². The smallest absolute Gasteiger partial charge is 0.178 e. The van der Waals surface area contributed by atoms with E-state index in [1.807, 2.05) is 36.7 Å². The molecule has 8 nitrogen and oxygen atoms in total. The topological polar surface area (TPSA) is 99.3 Å². The second-order valence-electron chi connectivity index (χ2n) is 8.53. The molecule has 5 aromatic heterocycles. The van der Waals surface area contributed by atoms with E-state index < -0.39 is 0 Å². The Hall–Kier alpha value is -4.43. The van der Waals surface area contributed by atoms with Crippen molar-refractivity contribution in [2.24, 2.45) is 0 Å². The largest absolute Gasteiger partial charge is 0.335 e. The van der Waals surface area contributed by atoms with Crippen LogP contribution in [0.2, 0.25) is 0 Å². The third kappa shape index (κ3) is 3.60. The standard InChI is InChI=1S/C26H22N8/c1-34(2)15-16-11-19(14-28-13-16)18-3-4-22-21(12-18)24(33-32-22)26-30-23-20(7-10-29-25(23)31-26)17-5-8-27-9-6-17/h3-14H,15H2,1-2H3,(H,32,33)(H,29,30,31). The van der Waals surface area contributed by atoms with Crippen molar-refractivity contribution >= 4 is 22.1 Å². The van der Waals surface area contributed by atoms with E-state index in [2.05, 4.69) is 67.3 Å². The second-order valence-corrected chi connectivity index (χ2v) is 8.53. The monoisotopic (exact) mass is 446 g/mol. The fraction of sp³-hybridized carbons (Fsp3) is 0.115. The van der Waals surface area contributed by atoms with Crippen LogP contribution in [0.3, 0.4) is 0 Å². The first kappa shape index (κ1) is 20.2. The van der Waals surface area contributed by atoms with Crippen LogP contribution in [0.4, 0.5) is 0 Å². The molecule has 6 aromatic rings. The number of benzene rings is 1. The molecule has 166 valence electrons. The number of pyridine rings is 3. The lowest BCUT2D eigenvalue weighted by atomic mass is 10.0. The van der Waals surface area contributed by atoms with Crippen molar-refractivity contribution in [2.45, 2.75) is 6.54 Å². The average molecular weight is 447 g/mol. The van der Waals surface area contributed by atoms with Gasteiger partial charge in [0, 0.05) is 54.0 Å². The van der Waals surface area contributed by atoms with E-state index in [0.29, 0.717) is 11.5 Å². The summed E-state index contributed by atoms with van der Waals surface area (Å²) in [6.07, 6.45) is 9.14. The summed E-state index contributed by atoms with van der Waals surface area (Å²) < 4.78 is 0. The van der Waals surface area contributed by atoms with E-state index in [9.17, 15) is 0 Å². The lowest BCUT2D eigenvalue weighted by molar-refractivity contribution is 0.402. The van der Waals surface area contributed by atoms with Gasteiger partial charge < -0.3 is 9.88 Å². The minimum absolute atomic E-state index is 0.650. The van der Waals surface area contributed by atoms with Gasteiger partial charge in [0.2, 0.25) is 0 Å². The molecular formula is C26H22N8. The third-order valence-corrected chi connectivity index (χ3v) is 5.80. The molecule has 8 heteroatoms. The average Bonchev–Trinajstić information content (AvgIpc) is 3.48. The zero-order valence-electron chi connectivity index (χ0n) is 18.8. The van der Waals surface area contributed by atoms with Gasteiger partial charge in [-0.05, 0) is 67.2 Å². The molecule has 0 amide bonds. The number of nitrogens with zero attached hydrogens (tertiary/aromatic N) is 6. The Kier molecular flexibility index (Phi) is 4.85. The van der Waals surface area contributed by atoms with Crippen molar-refractivity contribution in [2.75, 3.05) is 14.1 Å². The van der Waals surface area contributed by atoms with Gasteiger partial charge in [0.15, 0.2) is 11.5 Å². The maximum Gasteiger partial charge on any atom is 0.178 e. The molecular weight excluding hydrogens is 424 g/mol. The van der Waals surface area contributed by atoms with Crippen molar-refractivity contribution < 1.29 is 0 Å². The molecule has 34 heavy (non-hydrogen) atoms. The lowest BCUT2D eigenvalue weighted by Gasteiger charge is -2.10. The first-order valence-electron chi connectivity index (χ1n) is 11.0. The first-order chi connectivity index (χ1) is 16.7. The predicted molar refractivity (Wildman–Crippen MR) is 133 cm³/mol. The maximum absolute atomic E-state index is 4.76. The summed E-state index contributed by atoms with van der Waals surface area (Å²) >= 11 is 0. The molecule has 0 saturated heterocycles. The maximum atomic E-state index is 4.76. The summed E-state index contributed by atoms with van der Waals surface area (Å²) in [5.74, 6) is 0.673. The molecule has 0 atom stereocenters. The highest BCUT2D eigenvalue weighted by atomic mass is 15.1. The Balaban J connectivity index is 1.45. The van der Waals surface area contributed by atoms with E-state index >= 15 is 0 Å². The molecule has 1 aromatic carbocycles. The fourth-order valence-corrected chi connectivity index (χ4v) is 4.27. The summed E-state index contributed by atoms with van der Waals surface area (Å²) in [6.45, 7) is 0.839. The van der Waals surface area contributed by atoms with Crippen molar-refractivity contribution in [1.29, 1.82) is 0 Å². The predicted octanol–water partition coefficient (Wildman–Crippen LogP) is 4.69. The third-order valence-electron chi connectivity index (χ3n) is 5.80. The molecule has 0 radical (unpaired) electrons. The molecule has 0 unspecified atom stereocenters. The van der Waals surface area contributed by atoms with E-state index in [0.717, 1.165) is 50.9 Å². The Labute approximate surface area is 195 Å². The number of hydrogen-bond donors (Lipinski definition) is 2. The highest BCUT2D eigenvalue weighted by Gasteiger charge is 2.16. The van der Waals surface area contributed by atoms with Crippen LogP contribution in [0.1, 0.15) is 5.56 Å². The summed E-state index contributed by atoms with van der Waals surface area (Å²) in [6, 6.07) is 14.4. The molecule has 0 saturated carbocycles. The number of aromatic amines is 2. The van der Waals surface area contributed by atoms with Crippen LogP contribution >= 0.6 is 0 Å². The summed E-state index contributed by atoms with van der Waals surface area (Å²) in [5.41, 5.74) is 8.62. The van der Waals surface area contributed by atoms with E-state index in [1.165, 1.54) is 5.56 Å². The van der Waals surface area contributed by atoms with Gasteiger partial charge in [-0.25, -0.2) is 9.97 Å². The quantitative estimate of drug-likeness (QED) is 0.399. The number of imidazole rings is 1. The zero-order chi connectivity index (χ0) is 23.1. The van der Waals surface area contributed by atoms with Gasteiger partial charge in [0.05, 0.1) is 11.0 Å². The molecule has 0 bridgehead atoms. The van der Waals surface area contributed by atoms with E-state index in [-0.39, 0.29) is 0 Å². The highest BCUT2D eigenvalue weighted by molar-refractivity contribution is 5.97. The zero-order valence-corrected chi connectivity index (χ0v) is 18.8. The number of H-pyrrole nitrogens is 2.